The molecule has 0 aromatic heterocycles. The van der Waals surface area contributed by atoms with Crippen LogP contribution in [0.2, 0.25) is 0 Å². The topological polar surface area (TPSA) is 12.0 Å². The Labute approximate surface area is 104 Å². The second-order valence-corrected chi connectivity index (χ2v) is 5.79. The number of nitrogens with one attached hydrogen (secondary N) is 1. The Balaban J connectivity index is 2.86. The summed E-state index contributed by atoms with van der Waals surface area (Å²) < 4.78 is 13.8. The second kappa shape index (κ2) is 6.15. The average molecular weight is 237 g/mol. The van der Waals surface area contributed by atoms with E-state index >= 15 is 0 Å². The molecule has 0 spiro atoms. The van der Waals surface area contributed by atoms with E-state index in [1.807, 2.05) is 12.1 Å². The van der Waals surface area contributed by atoms with Crippen LogP contribution in [0.3, 0.4) is 0 Å². The Morgan fingerprint density at radius 1 is 1.24 bits per heavy atom. The molecule has 0 amide bonds. The van der Waals surface area contributed by atoms with Gasteiger partial charge in [-0.3, -0.25) is 0 Å². The first-order valence-electron chi connectivity index (χ1n) is 6.42. The Morgan fingerprint density at radius 2 is 1.88 bits per heavy atom. The lowest BCUT2D eigenvalue weighted by Crippen LogP contribution is -2.27. The van der Waals surface area contributed by atoms with Crippen molar-refractivity contribution in [3.05, 3.63) is 35.6 Å². The Bertz CT molecular complexity index is 341. The monoisotopic (exact) mass is 237 g/mol. The Hall–Kier alpha value is -0.890. The summed E-state index contributed by atoms with van der Waals surface area (Å²) in [7, 11) is 0. The first-order chi connectivity index (χ1) is 7.94. The zero-order valence-electron chi connectivity index (χ0n) is 11.4. The molecule has 1 N–H and O–H groups in total. The molecule has 17 heavy (non-hydrogen) atoms. The van der Waals surface area contributed by atoms with Crippen molar-refractivity contribution in [2.75, 3.05) is 6.54 Å². The van der Waals surface area contributed by atoms with Crippen molar-refractivity contribution in [1.29, 1.82) is 0 Å². The van der Waals surface area contributed by atoms with E-state index in [4.69, 9.17) is 0 Å². The van der Waals surface area contributed by atoms with Crippen molar-refractivity contribution >= 4 is 0 Å². The standard InChI is InChI=1S/C15H24FN/c1-5-10-17-14(11-15(2,3)4)12-8-6-7-9-13(12)16/h6-9,14,17H,5,10-11H2,1-4H3. The number of halogens is 1. The molecule has 1 atom stereocenters. The van der Waals surface area contributed by atoms with Gasteiger partial charge in [0.1, 0.15) is 5.82 Å². The summed E-state index contributed by atoms with van der Waals surface area (Å²) in [5.74, 6) is -0.106. The Kier molecular flexibility index (Phi) is 5.13. The van der Waals surface area contributed by atoms with E-state index in [0.29, 0.717) is 0 Å². The molecule has 96 valence electrons. The molecule has 1 nitrogen and oxygen atoms in total. The maximum absolute atomic E-state index is 13.8. The van der Waals surface area contributed by atoms with Gasteiger partial charge in [-0.15, -0.1) is 0 Å². The van der Waals surface area contributed by atoms with Gasteiger partial charge in [-0.1, -0.05) is 45.9 Å². The molecule has 1 aromatic carbocycles. The SMILES string of the molecule is CCCNC(CC(C)(C)C)c1ccccc1F. The van der Waals surface area contributed by atoms with E-state index in [2.05, 4.69) is 33.0 Å². The molecule has 0 saturated heterocycles. The molecule has 0 aliphatic rings. The van der Waals surface area contributed by atoms with E-state index in [1.165, 1.54) is 0 Å². The summed E-state index contributed by atoms with van der Waals surface area (Å²) in [6.45, 7) is 9.62. The normalized spacial score (nSPS) is 13.7. The molecule has 0 radical (unpaired) electrons. The summed E-state index contributed by atoms with van der Waals surface area (Å²) in [6, 6.07) is 7.18. The van der Waals surface area contributed by atoms with Crippen LogP contribution in [-0.2, 0) is 0 Å². The average Bonchev–Trinajstić information content (AvgIpc) is 2.23. The van der Waals surface area contributed by atoms with E-state index in [9.17, 15) is 4.39 Å². The molecular formula is C15H24FN. The zero-order chi connectivity index (χ0) is 12.9. The summed E-state index contributed by atoms with van der Waals surface area (Å²) in [5.41, 5.74) is 0.976. The highest BCUT2D eigenvalue weighted by molar-refractivity contribution is 5.21. The van der Waals surface area contributed by atoms with Gasteiger partial charge in [-0.05, 0) is 30.9 Å². The van der Waals surface area contributed by atoms with Crippen LogP contribution in [0.1, 0.15) is 52.1 Å². The van der Waals surface area contributed by atoms with E-state index in [1.54, 1.807) is 12.1 Å². The van der Waals surface area contributed by atoms with Crippen molar-refractivity contribution in [1.82, 2.24) is 5.32 Å². The van der Waals surface area contributed by atoms with Gasteiger partial charge in [-0.25, -0.2) is 4.39 Å². The lowest BCUT2D eigenvalue weighted by molar-refractivity contribution is 0.307. The quantitative estimate of drug-likeness (QED) is 0.805. The molecule has 0 fully saturated rings. The number of benzene rings is 1. The fourth-order valence-corrected chi connectivity index (χ4v) is 1.98. The molecule has 1 aromatic rings. The molecule has 0 saturated carbocycles. The minimum Gasteiger partial charge on any atom is -0.310 e. The molecule has 1 rings (SSSR count). The third-order valence-electron chi connectivity index (χ3n) is 2.74. The molecule has 2 heteroatoms. The lowest BCUT2D eigenvalue weighted by atomic mass is 9.85. The van der Waals surface area contributed by atoms with Gasteiger partial charge in [0.15, 0.2) is 0 Å². The zero-order valence-corrected chi connectivity index (χ0v) is 11.4. The van der Waals surface area contributed by atoms with Gasteiger partial charge in [0.2, 0.25) is 0 Å². The maximum atomic E-state index is 13.8. The molecule has 0 aliphatic carbocycles. The maximum Gasteiger partial charge on any atom is 0.127 e. The summed E-state index contributed by atoms with van der Waals surface area (Å²) in [5, 5.41) is 3.44. The van der Waals surface area contributed by atoms with Crippen LogP contribution in [0.5, 0.6) is 0 Å². The highest BCUT2D eigenvalue weighted by atomic mass is 19.1. The van der Waals surface area contributed by atoms with Crippen LogP contribution >= 0.6 is 0 Å². The minimum absolute atomic E-state index is 0.106. The highest BCUT2D eigenvalue weighted by Gasteiger charge is 2.21. The smallest absolute Gasteiger partial charge is 0.127 e. The largest absolute Gasteiger partial charge is 0.310 e. The number of hydrogen-bond donors (Lipinski definition) is 1. The van der Waals surface area contributed by atoms with Crippen LogP contribution in [0.4, 0.5) is 4.39 Å². The third kappa shape index (κ3) is 4.86. The number of hydrogen-bond acceptors (Lipinski definition) is 1. The molecule has 0 heterocycles. The van der Waals surface area contributed by atoms with Gasteiger partial charge in [0.25, 0.3) is 0 Å². The van der Waals surface area contributed by atoms with Crippen molar-refractivity contribution in [3.63, 3.8) is 0 Å². The van der Waals surface area contributed by atoms with Crippen molar-refractivity contribution in [3.8, 4) is 0 Å². The second-order valence-electron chi connectivity index (χ2n) is 5.79. The molecule has 0 aliphatic heterocycles. The summed E-state index contributed by atoms with van der Waals surface area (Å²) in [4.78, 5) is 0. The minimum atomic E-state index is -0.106. The fraction of sp³-hybridized carbons (Fsp3) is 0.600. The van der Waals surface area contributed by atoms with Gasteiger partial charge in [0.05, 0.1) is 0 Å². The predicted molar refractivity (Wildman–Crippen MR) is 71.5 cm³/mol. The van der Waals surface area contributed by atoms with E-state index in [-0.39, 0.29) is 17.3 Å². The van der Waals surface area contributed by atoms with Gasteiger partial charge in [0, 0.05) is 11.6 Å². The molecule has 1 unspecified atom stereocenters. The lowest BCUT2D eigenvalue weighted by Gasteiger charge is -2.27. The molecular weight excluding hydrogens is 213 g/mol. The highest BCUT2D eigenvalue weighted by Crippen LogP contribution is 2.30. The van der Waals surface area contributed by atoms with Crippen molar-refractivity contribution < 1.29 is 4.39 Å². The summed E-state index contributed by atoms with van der Waals surface area (Å²) >= 11 is 0. The van der Waals surface area contributed by atoms with Crippen LogP contribution in [0.25, 0.3) is 0 Å². The van der Waals surface area contributed by atoms with E-state index in [0.717, 1.165) is 24.9 Å². The van der Waals surface area contributed by atoms with Crippen LogP contribution in [-0.4, -0.2) is 6.54 Å². The van der Waals surface area contributed by atoms with Crippen LogP contribution in [0.15, 0.2) is 24.3 Å². The van der Waals surface area contributed by atoms with E-state index < -0.39 is 0 Å². The summed E-state index contributed by atoms with van der Waals surface area (Å²) in [6.07, 6.45) is 2.00. The van der Waals surface area contributed by atoms with Crippen LogP contribution in [0, 0.1) is 11.2 Å². The fourth-order valence-electron chi connectivity index (χ4n) is 1.98. The van der Waals surface area contributed by atoms with Crippen molar-refractivity contribution in [2.45, 2.75) is 46.6 Å². The first kappa shape index (κ1) is 14.2. The predicted octanol–water partition coefficient (Wildman–Crippen LogP) is 4.30. The van der Waals surface area contributed by atoms with Crippen LogP contribution < -0.4 is 5.32 Å². The first-order valence-corrected chi connectivity index (χ1v) is 6.42. The van der Waals surface area contributed by atoms with Crippen molar-refractivity contribution in [2.24, 2.45) is 5.41 Å². The number of rotatable bonds is 5. The Morgan fingerprint density at radius 3 is 2.41 bits per heavy atom. The van der Waals surface area contributed by atoms with Gasteiger partial charge < -0.3 is 5.32 Å². The molecule has 0 bridgehead atoms. The van der Waals surface area contributed by atoms with Gasteiger partial charge >= 0.3 is 0 Å². The third-order valence-corrected chi connectivity index (χ3v) is 2.74. The van der Waals surface area contributed by atoms with Gasteiger partial charge in [-0.2, -0.15) is 0 Å².